The number of hydrogen-bond donors (Lipinski definition) is 1. The number of amides is 1. The first kappa shape index (κ1) is 19.3. The van der Waals surface area contributed by atoms with E-state index in [2.05, 4.69) is 10.3 Å². The number of pyridine rings is 1. The quantitative estimate of drug-likeness (QED) is 0.821. The Labute approximate surface area is 155 Å². The third kappa shape index (κ3) is 4.61. The van der Waals surface area contributed by atoms with Crippen LogP contribution in [0.3, 0.4) is 0 Å². The number of aromatic nitrogens is 1. The van der Waals surface area contributed by atoms with Crippen LogP contribution in [0, 0.1) is 0 Å². The number of fused-ring (bicyclic) bond motifs is 1. The molecule has 1 atom stereocenters. The second-order valence-corrected chi connectivity index (χ2v) is 7.65. The number of carbonyl (C=O) groups excluding carboxylic acids is 1. The summed E-state index contributed by atoms with van der Waals surface area (Å²) >= 11 is 0. The van der Waals surface area contributed by atoms with Gasteiger partial charge in [-0.15, -0.1) is 0 Å². The smallest absolute Gasteiger partial charge is 0.418 e. The number of hydrogen-bond acceptors (Lipinski definition) is 4. The Kier molecular flexibility index (Phi) is 4.92. The van der Waals surface area contributed by atoms with Crippen LogP contribution in [0.15, 0.2) is 30.5 Å². The first-order valence-electron chi connectivity index (χ1n) is 8.73. The second-order valence-electron chi connectivity index (χ2n) is 7.65. The van der Waals surface area contributed by atoms with E-state index in [0.29, 0.717) is 30.6 Å². The summed E-state index contributed by atoms with van der Waals surface area (Å²) < 4.78 is 45.5. The lowest BCUT2D eigenvalue weighted by Crippen LogP contribution is -2.36. The highest BCUT2D eigenvalue weighted by atomic mass is 19.4. The monoisotopic (exact) mass is 381 g/mol. The van der Waals surface area contributed by atoms with Gasteiger partial charge >= 0.3 is 12.3 Å². The summed E-state index contributed by atoms with van der Waals surface area (Å²) in [7, 11) is 0. The van der Waals surface area contributed by atoms with E-state index in [9.17, 15) is 18.0 Å². The van der Waals surface area contributed by atoms with Crippen LogP contribution in [-0.4, -0.2) is 40.7 Å². The van der Waals surface area contributed by atoms with Crippen molar-refractivity contribution in [2.24, 2.45) is 0 Å². The molecule has 1 fully saturated rings. The first-order chi connectivity index (χ1) is 12.5. The third-order valence-electron chi connectivity index (χ3n) is 4.22. The molecule has 1 saturated heterocycles. The highest BCUT2D eigenvalue weighted by Crippen LogP contribution is 2.36. The zero-order valence-corrected chi connectivity index (χ0v) is 15.4. The first-order valence-corrected chi connectivity index (χ1v) is 8.73. The van der Waals surface area contributed by atoms with Gasteiger partial charge in [-0.1, -0.05) is 6.07 Å². The van der Waals surface area contributed by atoms with Gasteiger partial charge in [0.1, 0.15) is 5.60 Å². The van der Waals surface area contributed by atoms with Gasteiger partial charge in [-0.2, -0.15) is 13.2 Å². The summed E-state index contributed by atoms with van der Waals surface area (Å²) in [4.78, 5) is 17.6. The minimum absolute atomic E-state index is 0.0719. The number of halogens is 3. The summed E-state index contributed by atoms with van der Waals surface area (Å²) in [6.07, 6.45) is -2.93. The average Bonchev–Trinajstić information content (AvgIpc) is 3.00. The number of anilines is 1. The molecule has 1 aromatic carbocycles. The van der Waals surface area contributed by atoms with Gasteiger partial charge in [0, 0.05) is 36.4 Å². The van der Waals surface area contributed by atoms with Crippen LogP contribution < -0.4 is 5.32 Å². The van der Waals surface area contributed by atoms with Crippen molar-refractivity contribution in [3.8, 4) is 0 Å². The second kappa shape index (κ2) is 6.90. The molecule has 0 radical (unpaired) electrons. The number of benzene rings is 1. The van der Waals surface area contributed by atoms with E-state index < -0.39 is 23.4 Å². The standard InChI is InChI=1S/C19H22F3N3O2/c1-18(2,3)27-17(26)25-8-6-13(11-25)24-14-9-12-5-4-7-23-16(12)15(10-14)19(20,21)22/h4-5,7,9-10,13,24H,6,8,11H2,1-3H3/t13-/m0/s1. The van der Waals surface area contributed by atoms with Gasteiger partial charge in [0.05, 0.1) is 11.1 Å². The molecule has 1 aromatic heterocycles. The van der Waals surface area contributed by atoms with Crippen LogP contribution in [0.1, 0.15) is 32.8 Å². The summed E-state index contributed by atoms with van der Waals surface area (Å²) in [6.45, 7) is 6.24. The molecule has 1 aliphatic rings. The Hall–Kier alpha value is -2.51. The molecule has 27 heavy (non-hydrogen) atoms. The van der Waals surface area contributed by atoms with E-state index in [1.54, 1.807) is 43.9 Å². The lowest BCUT2D eigenvalue weighted by molar-refractivity contribution is -0.136. The molecule has 8 heteroatoms. The maximum atomic E-state index is 13.4. The minimum Gasteiger partial charge on any atom is -0.444 e. The van der Waals surface area contributed by atoms with Gasteiger partial charge in [0.2, 0.25) is 0 Å². The van der Waals surface area contributed by atoms with Crippen molar-refractivity contribution in [3.63, 3.8) is 0 Å². The topological polar surface area (TPSA) is 54.5 Å². The van der Waals surface area contributed by atoms with Crippen molar-refractivity contribution in [3.05, 3.63) is 36.0 Å². The summed E-state index contributed by atoms with van der Waals surface area (Å²) in [5.41, 5.74) is -1.07. The van der Waals surface area contributed by atoms with E-state index in [4.69, 9.17) is 4.74 Å². The van der Waals surface area contributed by atoms with Crippen molar-refractivity contribution >= 4 is 22.7 Å². The van der Waals surface area contributed by atoms with Crippen LogP contribution >= 0.6 is 0 Å². The maximum Gasteiger partial charge on any atom is 0.418 e. The van der Waals surface area contributed by atoms with E-state index in [1.807, 2.05) is 0 Å². The van der Waals surface area contributed by atoms with E-state index in [-0.39, 0.29) is 11.6 Å². The zero-order valence-electron chi connectivity index (χ0n) is 15.4. The van der Waals surface area contributed by atoms with Gasteiger partial charge in [0.15, 0.2) is 0 Å². The van der Waals surface area contributed by atoms with Gasteiger partial charge in [-0.05, 0) is 45.4 Å². The number of nitrogens with zero attached hydrogens (tertiary/aromatic N) is 2. The highest BCUT2D eigenvalue weighted by Gasteiger charge is 2.34. The zero-order chi connectivity index (χ0) is 19.8. The molecular weight excluding hydrogens is 359 g/mol. The number of carbonyl (C=O) groups is 1. The Morgan fingerprint density at radius 2 is 2.04 bits per heavy atom. The number of nitrogens with one attached hydrogen (secondary N) is 1. The van der Waals surface area contributed by atoms with Crippen molar-refractivity contribution in [1.82, 2.24) is 9.88 Å². The Morgan fingerprint density at radius 3 is 2.70 bits per heavy atom. The average molecular weight is 381 g/mol. The van der Waals surface area contributed by atoms with Gasteiger partial charge in [0.25, 0.3) is 0 Å². The molecule has 1 amide bonds. The van der Waals surface area contributed by atoms with E-state index in [0.717, 1.165) is 6.07 Å². The van der Waals surface area contributed by atoms with Crippen molar-refractivity contribution in [2.45, 2.75) is 45.0 Å². The van der Waals surface area contributed by atoms with Crippen LogP contribution in [0.4, 0.5) is 23.7 Å². The van der Waals surface area contributed by atoms with Crippen molar-refractivity contribution in [2.75, 3.05) is 18.4 Å². The fraction of sp³-hybridized carbons (Fsp3) is 0.474. The highest BCUT2D eigenvalue weighted by molar-refractivity contribution is 5.86. The molecule has 0 spiro atoms. The summed E-state index contributed by atoms with van der Waals surface area (Å²) in [6, 6.07) is 5.78. The fourth-order valence-corrected chi connectivity index (χ4v) is 3.10. The molecule has 2 heterocycles. The molecule has 1 N–H and O–H groups in total. The van der Waals surface area contributed by atoms with E-state index >= 15 is 0 Å². The molecule has 0 saturated carbocycles. The molecule has 0 aliphatic carbocycles. The minimum atomic E-state index is -4.50. The Bertz CT molecular complexity index is 846. The molecular formula is C19H22F3N3O2. The normalized spacial score (nSPS) is 18.0. The van der Waals surface area contributed by atoms with Crippen molar-refractivity contribution in [1.29, 1.82) is 0 Å². The van der Waals surface area contributed by atoms with Crippen LogP contribution in [0.5, 0.6) is 0 Å². The molecule has 1 aliphatic heterocycles. The number of rotatable bonds is 2. The van der Waals surface area contributed by atoms with E-state index in [1.165, 1.54) is 6.20 Å². The molecule has 2 aromatic rings. The van der Waals surface area contributed by atoms with Crippen LogP contribution in [-0.2, 0) is 10.9 Å². The molecule has 146 valence electrons. The number of ether oxygens (including phenoxy) is 1. The van der Waals surface area contributed by atoms with Gasteiger partial charge in [-0.25, -0.2) is 4.79 Å². The van der Waals surface area contributed by atoms with Crippen molar-refractivity contribution < 1.29 is 22.7 Å². The summed E-state index contributed by atoms with van der Waals surface area (Å²) in [5, 5.41) is 3.53. The predicted octanol–water partition coefficient (Wildman–Crippen LogP) is 4.67. The van der Waals surface area contributed by atoms with Gasteiger partial charge in [-0.3, -0.25) is 4.98 Å². The predicted molar refractivity (Wildman–Crippen MR) is 96.6 cm³/mol. The number of likely N-dealkylation sites (tertiary alicyclic amines) is 1. The lowest BCUT2D eigenvalue weighted by atomic mass is 10.1. The number of alkyl halides is 3. The Morgan fingerprint density at radius 1 is 1.30 bits per heavy atom. The molecule has 0 bridgehead atoms. The van der Waals surface area contributed by atoms with Crippen LogP contribution in [0.2, 0.25) is 0 Å². The molecule has 0 unspecified atom stereocenters. The largest absolute Gasteiger partial charge is 0.444 e. The maximum absolute atomic E-state index is 13.4. The fourth-order valence-electron chi connectivity index (χ4n) is 3.10. The lowest BCUT2D eigenvalue weighted by Gasteiger charge is -2.24. The third-order valence-corrected chi connectivity index (χ3v) is 4.22. The van der Waals surface area contributed by atoms with Gasteiger partial charge < -0.3 is 15.0 Å². The SMILES string of the molecule is CC(C)(C)OC(=O)N1CC[C@H](Nc2cc(C(F)(F)F)c3ncccc3c2)C1. The Balaban J connectivity index is 1.77. The molecule has 3 rings (SSSR count). The summed E-state index contributed by atoms with van der Waals surface area (Å²) in [5.74, 6) is 0. The van der Waals surface area contributed by atoms with Crippen LogP contribution in [0.25, 0.3) is 10.9 Å². The molecule has 5 nitrogen and oxygen atoms in total.